The lowest BCUT2D eigenvalue weighted by Gasteiger charge is -2.12. The molecule has 1 aliphatic rings. The minimum Gasteiger partial charge on any atom is -0.445 e. The Kier molecular flexibility index (Phi) is 4.17. The third-order valence-corrected chi connectivity index (χ3v) is 3.32. The van der Waals surface area contributed by atoms with E-state index in [1.54, 1.807) is 11.6 Å². The van der Waals surface area contributed by atoms with Crippen molar-refractivity contribution in [3.05, 3.63) is 34.3 Å². The van der Waals surface area contributed by atoms with Crippen LogP contribution in [0.3, 0.4) is 0 Å². The third kappa shape index (κ3) is 3.57. The van der Waals surface area contributed by atoms with Gasteiger partial charge in [0.15, 0.2) is 5.13 Å². The molecule has 0 aromatic carbocycles. The van der Waals surface area contributed by atoms with Crippen molar-refractivity contribution in [1.29, 1.82) is 0 Å². The van der Waals surface area contributed by atoms with E-state index in [0.29, 0.717) is 10.2 Å². The van der Waals surface area contributed by atoms with Gasteiger partial charge in [-0.3, -0.25) is 5.32 Å². The summed E-state index contributed by atoms with van der Waals surface area (Å²) in [6.07, 6.45) is 6.71. The van der Waals surface area contributed by atoms with Crippen molar-refractivity contribution >= 4 is 34.2 Å². The molecule has 0 saturated carbocycles. The van der Waals surface area contributed by atoms with Crippen molar-refractivity contribution in [2.45, 2.75) is 12.8 Å². The Morgan fingerprint density at radius 1 is 1.65 bits per heavy atom. The molecule has 1 aromatic rings. The predicted octanol–water partition coefficient (Wildman–Crippen LogP) is 3.53. The van der Waals surface area contributed by atoms with Gasteiger partial charge in [0.05, 0.1) is 0 Å². The number of ether oxygens (including phenoxy) is 1. The van der Waals surface area contributed by atoms with E-state index in [4.69, 9.17) is 16.3 Å². The molecule has 1 aliphatic carbocycles. The van der Waals surface area contributed by atoms with Crippen LogP contribution in [0.15, 0.2) is 34.3 Å². The molecule has 1 amide bonds. The second-order valence-corrected chi connectivity index (χ2v) is 4.73. The number of amides is 1. The van der Waals surface area contributed by atoms with Gasteiger partial charge in [-0.25, -0.2) is 9.78 Å². The fraction of sp³-hybridized carbons (Fsp3) is 0.273. The van der Waals surface area contributed by atoms with Crippen LogP contribution >= 0.6 is 22.9 Å². The Morgan fingerprint density at radius 2 is 2.53 bits per heavy atom. The molecule has 6 heteroatoms. The van der Waals surface area contributed by atoms with E-state index in [-0.39, 0.29) is 6.61 Å². The first-order chi connectivity index (χ1) is 8.25. The van der Waals surface area contributed by atoms with Gasteiger partial charge in [0.1, 0.15) is 6.61 Å². The molecular formula is C11H11ClN2O2S. The second kappa shape index (κ2) is 5.84. The van der Waals surface area contributed by atoms with Crippen LogP contribution in [0.1, 0.15) is 12.8 Å². The van der Waals surface area contributed by atoms with Crippen LogP contribution in [-0.4, -0.2) is 17.7 Å². The van der Waals surface area contributed by atoms with E-state index in [1.165, 1.54) is 11.3 Å². The van der Waals surface area contributed by atoms with Crippen LogP contribution in [0.25, 0.3) is 0 Å². The number of carbonyl (C=O) groups is 1. The molecule has 0 fully saturated rings. The number of aromatic nitrogens is 1. The molecule has 0 saturated heterocycles. The summed E-state index contributed by atoms with van der Waals surface area (Å²) in [5.74, 6) is 0. The Bertz CT molecular complexity index is 454. The van der Waals surface area contributed by atoms with Gasteiger partial charge < -0.3 is 4.74 Å². The van der Waals surface area contributed by atoms with Crippen LogP contribution < -0.4 is 5.32 Å². The lowest BCUT2D eigenvalue weighted by Crippen LogP contribution is -2.15. The highest BCUT2D eigenvalue weighted by Crippen LogP contribution is 2.22. The zero-order chi connectivity index (χ0) is 12.1. The monoisotopic (exact) mass is 270 g/mol. The summed E-state index contributed by atoms with van der Waals surface area (Å²) in [5, 5.41) is 5.51. The number of anilines is 1. The molecule has 2 rings (SSSR count). The average Bonchev–Trinajstić information content (AvgIpc) is 2.81. The zero-order valence-corrected chi connectivity index (χ0v) is 10.6. The summed E-state index contributed by atoms with van der Waals surface area (Å²) in [6.45, 7) is 0.223. The number of rotatable bonds is 3. The standard InChI is InChI=1S/C11H11ClN2O2S/c12-9-4-2-1-3-8(9)7-16-11(15)14-10-13-5-6-17-10/h2,4-6H,1,3,7H2,(H,13,14,15). The molecular weight excluding hydrogens is 260 g/mol. The fourth-order valence-corrected chi connectivity index (χ4v) is 2.14. The van der Waals surface area contributed by atoms with Gasteiger partial charge in [0.2, 0.25) is 0 Å². The fourth-order valence-electron chi connectivity index (χ4n) is 1.38. The van der Waals surface area contributed by atoms with E-state index in [1.807, 2.05) is 12.2 Å². The topological polar surface area (TPSA) is 51.2 Å². The molecule has 0 radical (unpaired) electrons. The third-order valence-electron chi connectivity index (χ3n) is 2.23. The van der Waals surface area contributed by atoms with Crippen LogP contribution in [0.4, 0.5) is 9.93 Å². The van der Waals surface area contributed by atoms with Crippen LogP contribution in [0.5, 0.6) is 0 Å². The number of nitrogens with zero attached hydrogens (tertiary/aromatic N) is 1. The summed E-state index contributed by atoms with van der Waals surface area (Å²) in [7, 11) is 0. The Hall–Kier alpha value is -1.33. The largest absolute Gasteiger partial charge is 0.445 e. The molecule has 0 atom stereocenters. The number of carbonyl (C=O) groups excluding carboxylic acids is 1. The van der Waals surface area contributed by atoms with E-state index >= 15 is 0 Å². The normalized spacial score (nSPS) is 14.9. The maximum absolute atomic E-state index is 11.4. The van der Waals surface area contributed by atoms with Crippen molar-refractivity contribution < 1.29 is 9.53 Å². The molecule has 0 unspecified atom stereocenters. The van der Waals surface area contributed by atoms with Gasteiger partial charge in [-0.15, -0.1) is 11.3 Å². The van der Waals surface area contributed by atoms with Gasteiger partial charge >= 0.3 is 6.09 Å². The van der Waals surface area contributed by atoms with E-state index in [0.717, 1.165) is 18.4 Å². The molecule has 90 valence electrons. The summed E-state index contributed by atoms with van der Waals surface area (Å²) in [4.78, 5) is 15.3. The number of hydrogen-bond acceptors (Lipinski definition) is 4. The first-order valence-corrected chi connectivity index (χ1v) is 6.39. The summed E-state index contributed by atoms with van der Waals surface area (Å²) < 4.78 is 5.07. The first-order valence-electron chi connectivity index (χ1n) is 5.13. The van der Waals surface area contributed by atoms with Crippen LogP contribution in [0, 0.1) is 0 Å². The smallest absolute Gasteiger partial charge is 0.413 e. The van der Waals surface area contributed by atoms with Crippen molar-refractivity contribution in [2.24, 2.45) is 0 Å². The molecule has 1 aromatic heterocycles. The maximum atomic E-state index is 11.4. The number of thiazole rings is 1. The minimum absolute atomic E-state index is 0.223. The van der Waals surface area contributed by atoms with Gasteiger partial charge in [0, 0.05) is 16.6 Å². The Balaban J connectivity index is 1.82. The van der Waals surface area contributed by atoms with Crippen LogP contribution in [0.2, 0.25) is 0 Å². The SMILES string of the molecule is O=C(Nc1nccs1)OCC1=C(Cl)C=CCC1. The minimum atomic E-state index is -0.508. The Morgan fingerprint density at radius 3 is 3.24 bits per heavy atom. The molecule has 1 heterocycles. The lowest BCUT2D eigenvalue weighted by molar-refractivity contribution is 0.170. The first kappa shape index (κ1) is 12.1. The van der Waals surface area contributed by atoms with Gasteiger partial charge in [0.25, 0.3) is 0 Å². The highest BCUT2D eigenvalue weighted by Gasteiger charge is 2.10. The van der Waals surface area contributed by atoms with Crippen molar-refractivity contribution in [1.82, 2.24) is 4.98 Å². The molecule has 4 nitrogen and oxygen atoms in total. The molecule has 0 bridgehead atoms. The van der Waals surface area contributed by atoms with Crippen LogP contribution in [-0.2, 0) is 4.74 Å². The van der Waals surface area contributed by atoms with Gasteiger partial charge in [-0.1, -0.05) is 17.7 Å². The average molecular weight is 271 g/mol. The molecule has 0 spiro atoms. The summed E-state index contributed by atoms with van der Waals surface area (Å²) in [5.41, 5.74) is 0.948. The predicted molar refractivity (Wildman–Crippen MR) is 68.3 cm³/mol. The summed E-state index contributed by atoms with van der Waals surface area (Å²) >= 11 is 7.32. The van der Waals surface area contributed by atoms with Gasteiger partial charge in [-0.2, -0.15) is 0 Å². The van der Waals surface area contributed by atoms with Crippen molar-refractivity contribution in [3.63, 3.8) is 0 Å². The Labute approximate surface area is 108 Å². The summed E-state index contributed by atoms with van der Waals surface area (Å²) in [6, 6.07) is 0. The number of nitrogens with one attached hydrogen (secondary N) is 1. The highest BCUT2D eigenvalue weighted by molar-refractivity contribution is 7.13. The van der Waals surface area contributed by atoms with E-state index in [9.17, 15) is 4.79 Å². The second-order valence-electron chi connectivity index (χ2n) is 3.43. The molecule has 1 N–H and O–H groups in total. The lowest BCUT2D eigenvalue weighted by atomic mass is 10.1. The van der Waals surface area contributed by atoms with E-state index < -0.39 is 6.09 Å². The van der Waals surface area contributed by atoms with Crippen molar-refractivity contribution in [3.8, 4) is 0 Å². The molecule has 17 heavy (non-hydrogen) atoms. The quantitative estimate of drug-likeness (QED) is 0.914. The number of halogens is 1. The number of hydrogen-bond donors (Lipinski definition) is 1. The number of allylic oxidation sites excluding steroid dienone is 3. The maximum Gasteiger partial charge on any atom is 0.413 e. The van der Waals surface area contributed by atoms with E-state index in [2.05, 4.69) is 10.3 Å². The molecule has 0 aliphatic heterocycles. The zero-order valence-electron chi connectivity index (χ0n) is 8.98. The van der Waals surface area contributed by atoms with Gasteiger partial charge in [-0.05, 0) is 24.5 Å². The highest BCUT2D eigenvalue weighted by atomic mass is 35.5. The van der Waals surface area contributed by atoms with Crippen molar-refractivity contribution in [2.75, 3.05) is 11.9 Å².